The number of benzene rings is 2. The highest BCUT2D eigenvalue weighted by molar-refractivity contribution is 5.89. The number of aromatic amines is 1. The van der Waals surface area contributed by atoms with Crippen LogP contribution in [0.5, 0.6) is 0 Å². The van der Waals surface area contributed by atoms with Gasteiger partial charge in [-0.15, -0.1) is 0 Å². The number of rotatable bonds is 7. The monoisotopic (exact) mass is 556 g/mol. The highest BCUT2D eigenvalue weighted by atomic mass is 19.2. The van der Waals surface area contributed by atoms with Crippen molar-refractivity contribution in [3.8, 4) is 0 Å². The molecule has 0 saturated carbocycles. The lowest BCUT2D eigenvalue weighted by molar-refractivity contribution is -0.134. The van der Waals surface area contributed by atoms with E-state index >= 15 is 0 Å². The van der Waals surface area contributed by atoms with Crippen LogP contribution in [0.15, 0.2) is 58.1 Å². The number of carboxylic acid groups (broad SMARTS) is 2. The Hall–Kier alpha value is -4.32. The van der Waals surface area contributed by atoms with Crippen molar-refractivity contribution < 1.29 is 28.6 Å². The van der Waals surface area contributed by atoms with Crippen molar-refractivity contribution in [2.45, 2.75) is 44.8 Å². The minimum atomic E-state index is -1.26. The Morgan fingerprint density at radius 1 is 0.950 bits per heavy atom. The molecule has 1 aromatic heterocycles. The molecule has 2 saturated heterocycles. The fourth-order valence-electron chi connectivity index (χ4n) is 5.33. The summed E-state index contributed by atoms with van der Waals surface area (Å²) < 4.78 is 28.1. The predicted octanol–water partition coefficient (Wildman–Crippen LogP) is 2.73. The first kappa shape index (κ1) is 28.7. The predicted molar refractivity (Wildman–Crippen MR) is 145 cm³/mol. The third-order valence-electron chi connectivity index (χ3n) is 7.22. The normalized spacial score (nSPS) is 18.6. The van der Waals surface area contributed by atoms with Crippen LogP contribution < -0.4 is 16.1 Å². The van der Waals surface area contributed by atoms with E-state index in [1.165, 1.54) is 11.3 Å². The summed E-state index contributed by atoms with van der Waals surface area (Å²) in [6, 6.07) is 11.3. The van der Waals surface area contributed by atoms with Crippen LogP contribution in [0.4, 0.5) is 14.5 Å². The van der Waals surface area contributed by atoms with Gasteiger partial charge in [0.05, 0.1) is 10.9 Å². The number of aromatic nitrogens is 2. The zero-order chi connectivity index (χ0) is 29.0. The van der Waals surface area contributed by atoms with E-state index in [1.54, 1.807) is 0 Å². The molecule has 0 radical (unpaired) electrons. The number of nitrogens with zero attached hydrogens (tertiary/aromatic N) is 3. The quantitative estimate of drug-likeness (QED) is 0.378. The van der Waals surface area contributed by atoms with E-state index in [4.69, 9.17) is 10.2 Å². The number of anilines is 1. The molecule has 10 nitrogen and oxygen atoms in total. The average Bonchev–Trinajstić information content (AvgIpc) is 3.13. The fourth-order valence-corrected chi connectivity index (χ4v) is 5.33. The molecule has 2 aromatic carbocycles. The van der Waals surface area contributed by atoms with Crippen LogP contribution in [0.1, 0.15) is 24.8 Å². The van der Waals surface area contributed by atoms with Gasteiger partial charge in [-0.05, 0) is 44.4 Å². The highest BCUT2D eigenvalue weighted by Gasteiger charge is 2.39. The molecule has 2 aliphatic rings. The van der Waals surface area contributed by atoms with E-state index in [-0.39, 0.29) is 17.4 Å². The van der Waals surface area contributed by atoms with Crippen LogP contribution in [0.3, 0.4) is 0 Å². The Kier molecular flexibility index (Phi) is 8.78. The molecule has 2 atom stereocenters. The Morgan fingerprint density at radius 3 is 2.10 bits per heavy atom. The van der Waals surface area contributed by atoms with Crippen LogP contribution >= 0.6 is 0 Å². The maximum Gasteiger partial charge on any atom is 0.328 e. The van der Waals surface area contributed by atoms with Gasteiger partial charge in [0.1, 0.15) is 0 Å². The minimum absolute atomic E-state index is 0.0143. The van der Waals surface area contributed by atoms with Gasteiger partial charge < -0.3 is 20.1 Å². The fraction of sp³-hybridized carbons (Fsp3) is 0.357. The summed E-state index contributed by atoms with van der Waals surface area (Å²) in [7, 11) is 0. The standard InChI is InChI=1S/C24H26F2N4O2.C4H4O4/c1-15-3-5-16(6-4-15)28-13-17-7-8-18(14-28)29(17)9-2-10-30-23(31)19-11-20(25)21(26)12-22(19)27-24(30)32;5-3(6)1-2-4(7)8/h3-6,11-12,17-18H,2,7-10,13-14H2,1H3,(H,27,32);1-2H,(H,5,6)(H,7,8)/b;2-1-. The maximum absolute atomic E-state index is 13.6. The van der Waals surface area contributed by atoms with Gasteiger partial charge in [-0.3, -0.25) is 14.3 Å². The number of fused-ring (bicyclic) bond motifs is 3. The number of nitrogens with one attached hydrogen (secondary N) is 1. The smallest absolute Gasteiger partial charge is 0.328 e. The van der Waals surface area contributed by atoms with Crippen molar-refractivity contribution in [2.24, 2.45) is 0 Å². The highest BCUT2D eigenvalue weighted by Crippen LogP contribution is 2.32. The van der Waals surface area contributed by atoms with E-state index in [0.29, 0.717) is 30.7 Å². The van der Waals surface area contributed by atoms with Gasteiger partial charge in [0.25, 0.3) is 5.56 Å². The van der Waals surface area contributed by atoms with Crippen molar-refractivity contribution in [3.05, 3.63) is 86.6 Å². The number of hydrogen-bond acceptors (Lipinski definition) is 6. The molecule has 3 N–H and O–H groups in total. The second-order valence-corrected chi connectivity index (χ2v) is 9.93. The van der Waals surface area contributed by atoms with Gasteiger partial charge in [-0.1, -0.05) is 17.7 Å². The Balaban J connectivity index is 0.000000406. The Labute approximate surface area is 227 Å². The lowest BCUT2D eigenvalue weighted by Crippen LogP contribution is -2.54. The van der Waals surface area contributed by atoms with Crippen LogP contribution in [0.25, 0.3) is 10.9 Å². The maximum atomic E-state index is 13.6. The molecule has 212 valence electrons. The lowest BCUT2D eigenvalue weighted by Gasteiger charge is -2.42. The van der Waals surface area contributed by atoms with Crippen molar-refractivity contribution in [3.63, 3.8) is 0 Å². The number of aryl methyl sites for hydroxylation is 1. The molecule has 5 rings (SSSR count). The van der Waals surface area contributed by atoms with Crippen LogP contribution in [-0.4, -0.2) is 68.3 Å². The molecule has 0 amide bonds. The van der Waals surface area contributed by atoms with E-state index in [1.807, 2.05) is 0 Å². The Bertz CT molecular complexity index is 1520. The number of halogens is 2. The largest absolute Gasteiger partial charge is 0.478 e. The summed E-state index contributed by atoms with van der Waals surface area (Å²) in [5, 5.41) is 15.6. The van der Waals surface area contributed by atoms with Gasteiger partial charge in [-0.2, -0.15) is 0 Å². The zero-order valence-corrected chi connectivity index (χ0v) is 21.8. The molecule has 0 aliphatic carbocycles. The first-order valence-electron chi connectivity index (χ1n) is 12.9. The van der Waals surface area contributed by atoms with Crippen molar-refractivity contribution in [2.75, 3.05) is 24.5 Å². The topological polar surface area (TPSA) is 136 Å². The second-order valence-electron chi connectivity index (χ2n) is 9.93. The van der Waals surface area contributed by atoms with Crippen molar-refractivity contribution >= 4 is 28.5 Å². The summed E-state index contributed by atoms with van der Waals surface area (Å²) in [4.78, 5) is 51.6. The summed E-state index contributed by atoms with van der Waals surface area (Å²) in [5.41, 5.74) is 1.34. The van der Waals surface area contributed by atoms with Crippen molar-refractivity contribution in [1.82, 2.24) is 14.5 Å². The lowest BCUT2D eigenvalue weighted by atomic mass is 10.1. The summed E-state index contributed by atoms with van der Waals surface area (Å²) in [6.45, 7) is 5.06. The molecule has 3 aromatic rings. The molecule has 3 heterocycles. The van der Waals surface area contributed by atoms with Crippen molar-refractivity contribution in [1.29, 1.82) is 0 Å². The Morgan fingerprint density at radius 2 is 1.52 bits per heavy atom. The minimum Gasteiger partial charge on any atom is -0.478 e. The van der Waals surface area contributed by atoms with Gasteiger partial charge in [0.15, 0.2) is 11.6 Å². The van der Waals surface area contributed by atoms with Gasteiger partial charge in [0.2, 0.25) is 0 Å². The van der Waals surface area contributed by atoms with E-state index in [0.717, 1.165) is 49.2 Å². The van der Waals surface area contributed by atoms with Gasteiger partial charge in [-0.25, -0.2) is 23.2 Å². The number of carbonyl (C=O) groups is 2. The van der Waals surface area contributed by atoms with Crippen LogP contribution in [-0.2, 0) is 16.1 Å². The van der Waals surface area contributed by atoms with Crippen LogP contribution in [0.2, 0.25) is 0 Å². The van der Waals surface area contributed by atoms with Gasteiger partial charge >= 0.3 is 17.6 Å². The molecule has 2 bridgehead atoms. The number of piperazine rings is 1. The van der Waals surface area contributed by atoms with Gasteiger partial charge in [0, 0.05) is 62.2 Å². The van der Waals surface area contributed by atoms with E-state index in [9.17, 15) is 28.0 Å². The average molecular weight is 557 g/mol. The zero-order valence-electron chi connectivity index (χ0n) is 21.8. The summed E-state index contributed by atoms with van der Waals surface area (Å²) in [5.74, 6) is -4.71. The second kappa shape index (κ2) is 12.2. The van der Waals surface area contributed by atoms with E-state index < -0.39 is 34.8 Å². The number of H-pyrrole nitrogens is 1. The molecule has 12 heteroatoms. The molecule has 40 heavy (non-hydrogen) atoms. The SMILES string of the molecule is Cc1ccc(N2CC3CCC(C2)N3CCCn2c(=O)[nH]c3cc(F)c(F)cc3c2=O)cc1.O=C(O)/C=C\C(=O)O. The molecule has 0 spiro atoms. The third kappa shape index (κ3) is 6.63. The third-order valence-corrected chi connectivity index (χ3v) is 7.22. The summed E-state index contributed by atoms with van der Waals surface area (Å²) >= 11 is 0. The number of aliphatic carboxylic acids is 2. The molecule has 2 aliphatic heterocycles. The molecular formula is C28H30F2N4O6. The first-order chi connectivity index (χ1) is 19.0. The number of carboxylic acids is 2. The molecular weight excluding hydrogens is 526 g/mol. The van der Waals surface area contributed by atoms with Crippen LogP contribution in [0, 0.1) is 18.6 Å². The molecule has 2 unspecified atom stereocenters. The summed E-state index contributed by atoms with van der Waals surface area (Å²) in [6.07, 6.45) is 4.04. The molecule has 2 fully saturated rings. The first-order valence-corrected chi connectivity index (χ1v) is 12.9. The number of hydrogen-bond donors (Lipinski definition) is 3. The van der Waals surface area contributed by atoms with E-state index in [2.05, 4.69) is 46.0 Å².